The van der Waals surface area contributed by atoms with Crippen molar-refractivity contribution in [2.45, 2.75) is 0 Å². The monoisotopic (exact) mass is 360 g/mol. The van der Waals surface area contributed by atoms with Crippen LogP contribution >= 0.6 is 0 Å². The molecule has 0 atom stereocenters. The van der Waals surface area contributed by atoms with Gasteiger partial charge in [0.15, 0.2) is 0 Å². The van der Waals surface area contributed by atoms with Gasteiger partial charge in [-0.25, -0.2) is 8.42 Å². The molecule has 0 saturated carbocycles. The van der Waals surface area contributed by atoms with Crippen LogP contribution in [-0.4, -0.2) is 39.3 Å². The number of hydrogen-bond donors (Lipinski definition) is 1. The minimum Gasteiger partial charge on any atom is -0.497 e. The molecule has 132 valence electrons. The second-order valence-electron chi connectivity index (χ2n) is 5.29. The summed E-state index contributed by atoms with van der Waals surface area (Å²) in [4.78, 5) is 12.0. The summed E-state index contributed by atoms with van der Waals surface area (Å²) in [6.45, 7) is -0.284. The maximum absolute atomic E-state index is 12.2. The number of nitrogens with zero attached hydrogens (tertiary/aromatic N) is 1. The van der Waals surface area contributed by atoms with E-state index in [4.69, 9.17) is 4.74 Å². The topological polar surface area (TPSA) is 75.7 Å². The fourth-order valence-corrected chi connectivity index (χ4v) is 2.83. The van der Waals surface area contributed by atoms with Crippen LogP contribution in [0.15, 0.2) is 60.0 Å². The molecule has 0 radical (unpaired) electrons. The third-order valence-corrected chi connectivity index (χ3v) is 4.88. The summed E-state index contributed by atoms with van der Waals surface area (Å²) in [5.74, 6) is 0.244. The maximum atomic E-state index is 12.2. The zero-order valence-electron chi connectivity index (χ0n) is 14.0. The Labute approximate surface area is 147 Å². The fraction of sp³-hybridized carbons (Fsp3) is 0.167. The SMILES string of the molecule is COc1ccc(NC(=O)CN(C)S(=O)(=O)/C=C/c2ccccc2)cc1. The van der Waals surface area contributed by atoms with Gasteiger partial charge in [0.2, 0.25) is 15.9 Å². The second-order valence-corrected chi connectivity index (χ2v) is 7.22. The lowest BCUT2D eigenvalue weighted by atomic mass is 10.2. The van der Waals surface area contributed by atoms with E-state index in [1.165, 1.54) is 13.1 Å². The predicted molar refractivity (Wildman–Crippen MR) is 98.6 cm³/mol. The third-order valence-electron chi connectivity index (χ3n) is 3.41. The highest BCUT2D eigenvalue weighted by Gasteiger charge is 2.17. The van der Waals surface area contributed by atoms with Gasteiger partial charge >= 0.3 is 0 Å². The van der Waals surface area contributed by atoms with Crippen LogP contribution in [0.5, 0.6) is 5.75 Å². The first-order valence-corrected chi connectivity index (χ1v) is 9.04. The number of carbonyl (C=O) groups excluding carboxylic acids is 1. The molecule has 0 saturated heterocycles. The molecule has 0 bridgehead atoms. The Hall–Kier alpha value is -2.64. The van der Waals surface area contributed by atoms with Crippen molar-refractivity contribution in [3.05, 3.63) is 65.6 Å². The Bertz CT molecular complexity index is 831. The lowest BCUT2D eigenvalue weighted by Crippen LogP contribution is -2.33. The smallest absolute Gasteiger partial charge is 0.239 e. The van der Waals surface area contributed by atoms with E-state index < -0.39 is 15.9 Å². The quantitative estimate of drug-likeness (QED) is 0.823. The van der Waals surface area contributed by atoms with Gasteiger partial charge in [-0.2, -0.15) is 4.31 Å². The summed E-state index contributed by atoms with van der Waals surface area (Å²) in [5, 5.41) is 3.73. The van der Waals surface area contributed by atoms with Gasteiger partial charge in [-0.3, -0.25) is 4.79 Å². The number of likely N-dealkylation sites (N-methyl/N-ethyl adjacent to an activating group) is 1. The number of benzene rings is 2. The number of hydrogen-bond acceptors (Lipinski definition) is 4. The number of sulfonamides is 1. The molecule has 0 fully saturated rings. The van der Waals surface area contributed by atoms with Crippen LogP contribution in [0.1, 0.15) is 5.56 Å². The Morgan fingerprint density at radius 3 is 2.36 bits per heavy atom. The van der Waals surface area contributed by atoms with Gasteiger partial charge in [-0.15, -0.1) is 0 Å². The van der Waals surface area contributed by atoms with Crippen molar-refractivity contribution >= 4 is 27.7 Å². The molecule has 7 heteroatoms. The summed E-state index contributed by atoms with van der Waals surface area (Å²) in [5.41, 5.74) is 1.33. The number of carbonyl (C=O) groups is 1. The van der Waals surface area contributed by atoms with E-state index in [9.17, 15) is 13.2 Å². The summed E-state index contributed by atoms with van der Waals surface area (Å²) >= 11 is 0. The zero-order valence-corrected chi connectivity index (χ0v) is 14.9. The van der Waals surface area contributed by atoms with Crippen LogP contribution in [0, 0.1) is 0 Å². The Morgan fingerprint density at radius 2 is 1.76 bits per heavy atom. The molecular weight excluding hydrogens is 340 g/mol. The number of amides is 1. The molecular formula is C18H20N2O4S. The highest BCUT2D eigenvalue weighted by Crippen LogP contribution is 2.15. The molecule has 0 aliphatic carbocycles. The highest BCUT2D eigenvalue weighted by molar-refractivity contribution is 7.92. The van der Waals surface area contributed by atoms with Gasteiger partial charge in [0, 0.05) is 18.1 Å². The molecule has 0 aliphatic rings. The molecule has 6 nitrogen and oxygen atoms in total. The van der Waals surface area contributed by atoms with Crippen LogP contribution in [0.3, 0.4) is 0 Å². The molecule has 1 N–H and O–H groups in total. The first-order valence-electron chi connectivity index (χ1n) is 7.54. The lowest BCUT2D eigenvalue weighted by molar-refractivity contribution is -0.116. The number of ether oxygens (including phenoxy) is 1. The standard InChI is InChI=1S/C18H20N2O4S/c1-20(25(22,23)13-12-15-6-4-3-5-7-15)14-18(21)19-16-8-10-17(24-2)11-9-16/h3-13H,14H2,1-2H3,(H,19,21)/b13-12+. The fourth-order valence-electron chi connectivity index (χ4n) is 2.00. The molecule has 2 aromatic rings. The zero-order chi connectivity index (χ0) is 18.3. The molecule has 0 aromatic heterocycles. The molecule has 2 aromatic carbocycles. The van der Waals surface area contributed by atoms with E-state index >= 15 is 0 Å². The average Bonchev–Trinajstić information content (AvgIpc) is 2.61. The maximum Gasteiger partial charge on any atom is 0.239 e. The van der Waals surface area contributed by atoms with E-state index in [0.29, 0.717) is 11.4 Å². The van der Waals surface area contributed by atoms with Crippen LogP contribution < -0.4 is 10.1 Å². The number of nitrogens with one attached hydrogen (secondary N) is 1. The number of rotatable bonds is 7. The van der Waals surface area contributed by atoms with E-state index in [0.717, 1.165) is 15.3 Å². The van der Waals surface area contributed by atoms with Crippen LogP contribution in [0.25, 0.3) is 6.08 Å². The molecule has 0 heterocycles. The van der Waals surface area contributed by atoms with Crippen molar-refractivity contribution in [2.75, 3.05) is 26.0 Å². The Balaban J connectivity index is 1.95. The average molecular weight is 360 g/mol. The van der Waals surface area contributed by atoms with Crippen molar-refractivity contribution < 1.29 is 17.9 Å². The van der Waals surface area contributed by atoms with Crippen molar-refractivity contribution in [1.29, 1.82) is 0 Å². The van der Waals surface area contributed by atoms with Crippen LogP contribution in [0.4, 0.5) is 5.69 Å². The van der Waals surface area contributed by atoms with E-state index in [2.05, 4.69) is 5.32 Å². The van der Waals surface area contributed by atoms with Gasteiger partial charge in [-0.05, 0) is 35.9 Å². The summed E-state index contributed by atoms with van der Waals surface area (Å²) in [6, 6.07) is 15.8. The van der Waals surface area contributed by atoms with Crippen LogP contribution in [-0.2, 0) is 14.8 Å². The Morgan fingerprint density at radius 1 is 1.12 bits per heavy atom. The first-order chi connectivity index (χ1) is 11.9. The lowest BCUT2D eigenvalue weighted by Gasteiger charge is -2.14. The summed E-state index contributed by atoms with van der Waals surface area (Å²) in [6.07, 6.45) is 1.49. The first kappa shape index (κ1) is 18.7. The van der Waals surface area contributed by atoms with Crippen LogP contribution in [0.2, 0.25) is 0 Å². The normalized spacial score (nSPS) is 11.6. The summed E-state index contributed by atoms with van der Waals surface area (Å²) < 4.78 is 30.5. The summed E-state index contributed by atoms with van der Waals surface area (Å²) in [7, 11) is -0.773. The molecule has 0 spiro atoms. The van der Waals surface area contributed by atoms with Gasteiger partial charge in [0.05, 0.1) is 13.7 Å². The highest BCUT2D eigenvalue weighted by atomic mass is 32.2. The molecule has 2 rings (SSSR count). The van der Waals surface area contributed by atoms with Crippen molar-refractivity contribution in [1.82, 2.24) is 4.31 Å². The molecule has 0 aliphatic heterocycles. The minimum absolute atomic E-state index is 0.284. The van der Waals surface area contributed by atoms with E-state index in [1.54, 1.807) is 43.5 Å². The van der Waals surface area contributed by atoms with E-state index in [1.807, 2.05) is 18.2 Å². The van der Waals surface area contributed by atoms with Crippen molar-refractivity contribution in [3.63, 3.8) is 0 Å². The van der Waals surface area contributed by atoms with Crippen molar-refractivity contribution in [3.8, 4) is 5.75 Å². The third kappa shape index (κ3) is 5.74. The molecule has 0 unspecified atom stereocenters. The predicted octanol–water partition coefficient (Wildman–Crippen LogP) is 2.57. The second kappa shape index (κ2) is 8.46. The van der Waals surface area contributed by atoms with Gasteiger partial charge in [-0.1, -0.05) is 30.3 Å². The van der Waals surface area contributed by atoms with E-state index in [-0.39, 0.29) is 6.54 Å². The molecule has 1 amide bonds. The number of methoxy groups -OCH3 is 1. The minimum atomic E-state index is -3.68. The van der Waals surface area contributed by atoms with Gasteiger partial charge in [0.1, 0.15) is 5.75 Å². The Kier molecular flexibility index (Phi) is 6.32. The van der Waals surface area contributed by atoms with Gasteiger partial charge in [0.25, 0.3) is 0 Å². The van der Waals surface area contributed by atoms with Gasteiger partial charge < -0.3 is 10.1 Å². The van der Waals surface area contributed by atoms with Crippen molar-refractivity contribution in [2.24, 2.45) is 0 Å². The largest absolute Gasteiger partial charge is 0.497 e. The molecule has 25 heavy (non-hydrogen) atoms. The number of anilines is 1.